The fourth-order valence-corrected chi connectivity index (χ4v) is 3.16. The molecule has 0 heterocycles. The number of hydrogen-bond donors (Lipinski definition) is 1. The van der Waals surface area contributed by atoms with Crippen LogP contribution in [0.4, 0.5) is 5.69 Å². The highest BCUT2D eigenvalue weighted by Gasteiger charge is 2.27. The Hall–Kier alpha value is -2.10. The van der Waals surface area contributed by atoms with Gasteiger partial charge in [0, 0.05) is 31.6 Å². The number of carbonyl (C=O) groups excluding carboxylic acids is 2. The summed E-state index contributed by atoms with van der Waals surface area (Å²) >= 11 is 0. The van der Waals surface area contributed by atoms with E-state index < -0.39 is 0 Å². The van der Waals surface area contributed by atoms with E-state index in [4.69, 9.17) is 0 Å². The molecule has 4 nitrogen and oxygen atoms in total. The summed E-state index contributed by atoms with van der Waals surface area (Å²) in [6, 6.07) is 6.21. The van der Waals surface area contributed by atoms with E-state index in [1.807, 2.05) is 24.0 Å². The summed E-state index contributed by atoms with van der Waals surface area (Å²) in [6.07, 6.45) is 4.94. The fourth-order valence-electron chi connectivity index (χ4n) is 3.16. The number of nitrogens with zero attached hydrogens (tertiary/aromatic N) is 1. The highest BCUT2D eigenvalue weighted by atomic mass is 16.2. The van der Waals surface area contributed by atoms with E-state index in [0.29, 0.717) is 13.0 Å². The van der Waals surface area contributed by atoms with Gasteiger partial charge < -0.3 is 10.2 Å². The summed E-state index contributed by atoms with van der Waals surface area (Å²) in [4.78, 5) is 25.4. The van der Waals surface area contributed by atoms with Crippen molar-refractivity contribution in [2.24, 2.45) is 0 Å². The normalized spacial score (nSPS) is 16.5. The summed E-state index contributed by atoms with van der Waals surface area (Å²) in [5.41, 5.74) is 3.33. The number of carbonyl (C=O) groups is 2. The van der Waals surface area contributed by atoms with Crippen molar-refractivity contribution in [2.75, 3.05) is 11.9 Å². The van der Waals surface area contributed by atoms with Crippen LogP contribution in [0.2, 0.25) is 0 Å². The molecule has 1 atom stereocenters. The lowest BCUT2D eigenvalue weighted by Gasteiger charge is -2.35. The average molecular weight is 300 g/mol. The van der Waals surface area contributed by atoms with Crippen LogP contribution in [0, 0.1) is 0 Å². The maximum absolute atomic E-state index is 12.1. The predicted molar refractivity (Wildman–Crippen MR) is 88.8 cm³/mol. The molecule has 0 fully saturated rings. The van der Waals surface area contributed by atoms with E-state index in [-0.39, 0.29) is 17.9 Å². The molecule has 22 heavy (non-hydrogen) atoms. The third kappa shape index (κ3) is 3.56. The second-order valence-electron chi connectivity index (χ2n) is 5.71. The fraction of sp³-hybridized carbons (Fsp3) is 0.444. The quantitative estimate of drug-likeness (QED) is 0.850. The van der Waals surface area contributed by atoms with Gasteiger partial charge in [0.2, 0.25) is 11.8 Å². The van der Waals surface area contributed by atoms with Crippen molar-refractivity contribution < 1.29 is 9.59 Å². The standard InChI is InChI=1S/C18H24N2O2/c1-4-11-20(18(22)5-2)15-9-10-16-14(12-15)7-6-8-17(16)19-13(3)21/h4,6-8,15H,1,5,9-12H2,2-3H3,(H,19,21). The van der Waals surface area contributed by atoms with Crippen molar-refractivity contribution in [3.63, 3.8) is 0 Å². The number of hydrogen-bond acceptors (Lipinski definition) is 2. The van der Waals surface area contributed by atoms with Crippen LogP contribution in [0.25, 0.3) is 0 Å². The van der Waals surface area contributed by atoms with Gasteiger partial charge in [-0.15, -0.1) is 6.58 Å². The van der Waals surface area contributed by atoms with Crippen LogP contribution in [0.5, 0.6) is 0 Å². The number of benzene rings is 1. The summed E-state index contributed by atoms with van der Waals surface area (Å²) in [7, 11) is 0. The molecule has 0 saturated carbocycles. The van der Waals surface area contributed by atoms with Gasteiger partial charge in [-0.2, -0.15) is 0 Å². The highest BCUT2D eigenvalue weighted by Crippen LogP contribution is 2.30. The predicted octanol–water partition coefficient (Wildman–Crippen LogP) is 2.93. The third-order valence-electron chi connectivity index (χ3n) is 4.16. The number of anilines is 1. The van der Waals surface area contributed by atoms with Crippen LogP contribution in [-0.2, 0) is 22.4 Å². The zero-order chi connectivity index (χ0) is 16.1. The molecule has 1 aliphatic rings. The van der Waals surface area contributed by atoms with Gasteiger partial charge >= 0.3 is 0 Å². The molecule has 2 amide bonds. The topological polar surface area (TPSA) is 49.4 Å². The van der Waals surface area contributed by atoms with Gasteiger partial charge in [0.05, 0.1) is 0 Å². The lowest BCUT2D eigenvalue weighted by atomic mass is 9.86. The van der Waals surface area contributed by atoms with E-state index in [2.05, 4.69) is 18.0 Å². The maximum Gasteiger partial charge on any atom is 0.222 e. The van der Waals surface area contributed by atoms with Crippen molar-refractivity contribution in [3.05, 3.63) is 42.0 Å². The summed E-state index contributed by atoms with van der Waals surface area (Å²) in [5.74, 6) is 0.122. The van der Waals surface area contributed by atoms with Crippen molar-refractivity contribution in [2.45, 2.75) is 45.6 Å². The monoisotopic (exact) mass is 300 g/mol. The molecule has 4 heteroatoms. The van der Waals surface area contributed by atoms with Gasteiger partial charge in [-0.05, 0) is 36.5 Å². The highest BCUT2D eigenvalue weighted by molar-refractivity contribution is 5.89. The van der Waals surface area contributed by atoms with Gasteiger partial charge in [-0.25, -0.2) is 0 Å². The average Bonchev–Trinajstić information content (AvgIpc) is 2.51. The van der Waals surface area contributed by atoms with E-state index in [1.54, 1.807) is 6.08 Å². The van der Waals surface area contributed by atoms with E-state index in [1.165, 1.54) is 18.1 Å². The Morgan fingerprint density at radius 3 is 2.86 bits per heavy atom. The first kappa shape index (κ1) is 16.3. The van der Waals surface area contributed by atoms with Gasteiger partial charge in [-0.1, -0.05) is 25.1 Å². The number of nitrogens with one attached hydrogen (secondary N) is 1. The minimum Gasteiger partial charge on any atom is -0.336 e. The molecule has 2 rings (SSSR count). The zero-order valence-corrected chi connectivity index (χ0v) is 13.4. The summed E-state index contributed by atoms with van der Waals surface area (Å²) in [5, 5.41) is 2.90. The zero-order valence-electron chi connectivity index (χ0n) is 13.4. The molecule has 0 radical (unpaired) electrons. The van der Waals surface area contributed by atoms with Gasteiger partial charge in [-0.3, -0.25) is 9.59 Å². The van der Waals surface area contributed by atoms with Gasteiger partial charge in [0.1, 0.15) is 0 Å². The van der Waals surface area contributed by atoms with Crippen LogP contribution in [0.15, 0.2) is 30.9 Å². The van der Waals surface area contributed by atoms with E-state index in [9.17, 15) is 9.59 Å². The molecular weight excluding hydrogens is 276 g/mol. The molecule has 1 N–H and O–H groups in total. The van der Waals surface area contributed by atoms with Gasteiger partial charge in [0.25, 0.3) is 0 Å². The van der Waals surface area contributed by atoms with Crippen LogP contribution in [0.3, 0.4) is 0 Å². The second kappa shape index (κ2) is 7.25. The Morgan fingerprint density at radius 2 is 2.23 bits per heavy atom. The Bertz CT molecular complexity index is 580. The first-order valence-corrected chi connectivity index (χ1v) is 7.85. The summed E-state index contributed by atoms with van der Waals surface area (Å²) < 4.78 is 0. The minimum absolute atomic E-state index is 0.0510. The van der Waals surface area contributed by atoms with E-state index >= 15 is 0 Å². The molecule has 1 aromatic carbocycles. The van der Waals surface area contributed by atoms with Crippen molar-refractivity contribution in [3.8, 4) is 0 Å². The smallest absolute Gasteiger partial charge is 0.222 e. The molecular formula is C18H24N2O2. The Morgan fingerprint density at radius 1 is 1.45 bits per heavy atom. The molecule has 0 aromatic heterocycles. The van der Waals surface area contributed by atoms with E-state index in [0.717, 1.165) is 24.9 Å². The minimum atomic E-state index is -0.0510. The van der Waals surface area contributed by atoms with Crippen LogP contribution in [-0.4, -0.2) is 29.3 Å². The van der Waals surface area contributed by atoms with Crippen LogP contribution < -0.4 is 5.32 Å². The number of fused-ring (bicyclic) bond motifs is 1. The SMILES string of the molecule is C=CCN(C(=O)CC)C1CCc2c(cccc2NC(C)=O)C1. The summed E-state index contributed by atoms with van der Waals surface area (Å²) in [6.45, 7) is 7.77. The lowest BCUT2D eigenvalue weighted by molar-refractivity contribution is -0.132. The van der Waals surface area contributed by atoms with Crippen LogP contribution >= 0.6 is 0 Å². The molecule has 118 valence electrons. The van der Waals surface area contributed by atoms with Gasteiger partial charge in [0.15, 0.2) is 0 Å². The first-order valence-electron chi connectivity index (χ1n) is 7.85. The maximum atomic E-state index is 12.1. The van der Waals surface area contributed by atoms with Crippen molar-refractivity contribution in [1.29, 1.82) is 0 Å². The Kier molecular flexibility index (Phi) is 5.36. The Labute approximate surface area is 132 Å². The molecule has 1 unspecified atom stereocenters. The lowest BCUT2D eigenvalue weighted by Crippen LogP contribution is -2.43. The van der Waals surface area contributed by atoms with Crippen molar-refractivity contribution in [1.82, 2.24) is 4.90 Å². The molecule has 1 aromatic rings. The number of rotatable bonds is 5. The largest absolute Gasteiger partial charge is 0.336 e. The number of amides is 2. The van der Waals surface area contributed by atoms with Crippen molar-refractivity contribution >= 4 is 17.5 Å². The molecule has 0 aliphatic heterocycles. The molecule has 0 spiro atoms. The van der Waals surface area contributed by atoms with Crippen LogP contribution in [0.1, 0.15) is 37.8 Å². The second-order valence-corrected chi connectivity index (χ2v) is 5.71. The molecule has 1 aliphatic carbocycles. The first-order chi connectivity index (χ1) is 10.6. The Balaban J connectivity index is 2.22. The third-order valence-corrected chi connectivity index (χ3v) is 4.16. The molecule has 0 bridgehead atoms. The molecule has 0 saturated heterocycles.